The lowest BCUT2D eigenvalue weighted by molar-refractivity contribution is -0.116. The SMILES string of the molecule is Cc1ccc(S(=O)(=O)CCn2nc(/C=C(/C(=O)N[C@H](CN3CCN(C)CC3)c3ccccc3)c3cn(C)c4ccc(Br)cc34)c3cccnc32)cc1. The molecule has 10 nitrogen and oxygen atoms in total. The minimum atomic E-state index is -3.58. The molecule has 0 spiro atoms. The molecule has 12 heteroatoms. The maximum Gasteiger partial charge on any atom is 0.252 e. The van der Waals surface area contributed by atoms with Crippen LogP contribution in [0.15, 0.2) is 107 Å². The van der Waals surface area contributed by atoms with Gasteiger partial charge in [-0.1, -0.05) is 64.0 Å². The van der Waals surface area contributed by atoms with Crippen LogP contribution in [0, 0.1) is 6.92 Å². The first-order valence-electron chi connectivity index (χ1n) is 17.4. The fourth-order valence-corrected chi connectivity index (χ4v) is 8.35. The number of aromatic nitrogens is 4. The highest BCUT2D eigenvalue weighted by atomic mass is 79.9. The standard InChI is InChI=1S/C40H42BrN7O3S/c1-28-11-14-31(15-12-28)52(50,51)23-22-48-39-32(10-7-17-42-39)36(44-48)25-34(35-26-46(3)38-16-13-30(41)24-33(35)38)40(49)43-37(29-8-5-4-6-9-29)27-47-20-18-45(2)19-21-47/h4-17,24-26,37H,18-23,27H2,1-3H3,(H,43,49)/b34-25+/t37-/m1/s1. The lowest BCUT2D eigenvalue weighted by Gasteiger charge is -2.35. The quantitative estimate of drug-likeness (QED) is 0.158. The Bertz CT molecular complexity index is 2360. The van der Waals surface area contributed by atoms with Crippen molar-refractivity contribution in [1.82, 2.24) is 34.4 Å². The van der Waals surface area contributed by atoms with Gasteiger partial charge in [-0.2, -0.15) is 5.10 Å². The van der Waals surface area contributed by atoms with Crippen molar-refractivity contribution in [3.05, 3.63) is 124 Å². The fraction of sp³-hybridized carbons (Fsp3) is 0.275. The molecule has 4 heterocycles. The number of carbonyl (C=O) groups excluding carboxylic acids is 1. The van der Waals surface area contributed by atoms with Gasteiger partial charge in [-0.3, -0.25) is 9.69 Å². The molecule has 1 atom stereocenters. The van der Waals surface area contributed by atoms with Gasteiger partial charge in [0.1, 0.15) is 0 Å². The first kappa shape index (κ1) is 35.8. The number of amides is 1. The lowest BCUT2D eigenvalue weighted by atomic mass is 10.00. The minimum absolute atomic E-state index is 0.0986. The minimum Gasteiger partial charge on any atom is -0.350 e. The van der Waals surface area contributed by atoms with Gasteiger partial charge in [-0.15, -0.1) is 0 Å². The molecule has 1 aliphatic rings. The second-order valence-corrected chi connectivity index (χ2v) is 16.6. The van der Waals surface area contributed by atoms with Crippen molar-refractivity contribution in [2.75, 3.05) is 45.5 Å². The number of nitrogens with one attached hydrogen (secondary N) is 1. The molecule has 1 amide bonds. The Balaban J connectivity index is 1.29. The molecule has 1 aliphatic heterocycles. The number of likely N-dealkylation sites (N-methyl/N-ethyl adjacent to an activating group) is 1. The predicted octanol–water partition coefficient (Wildman–Crippen LogP) is 6.11. The molecule has 0 bridgehead atoms. The molecule has 7 rings (SSSR count). The van der Waals surface area contributed by atoms with Crippen molar-refractivity contribution in [2.24, 2.45) is 7.05 Å². The summed E-state index contributed by atoms with van der Waals surface area (Å²) in [6.45, 7) is 6.49. The van der Waals surface area contributed by atoms with Crippen molar-refractivity contribution < 1.29 is 13.2 Å². The summed E-state index contributed by atoms with van der Waals surface area (Å²) < 4.78 is 31.2. The van der Waals surface area contributed by atoms with Crippen LogP contribution in [0.5, 0.6) is 0 Å². The lowest BCUT2D eigenvalue weighted by Crippen LogP contribution is -2.47. The molecule has 268 valence electrons. The summed E-state index contributed by atoms with van der Waals surface area (Å²) >= 11 is 3.64. The summed E-state index contributed by atoms with van der Waals surface area (Å²) in [5.41, 5.74) is 5.29. The zero-order valence-corrected chi connectivity index (χ0v) is 31.9. The maximum atomic E-state index is 14.8. The van der Waals surface area contributed by atoms with E-state index < -0.39 is 9.84 Å². The Hall–Kier alpha value is -4.62. The van der Waals surface area contributed by atoms with E-state index in [1.54, 1.807) is 35.1 Å². The Morgan fingerprint density at radius 1 is 0.942 bits per heavy atom. The van der Waals surface area contributed by atoms with Crippen LogP contribution in [-0.4, -0.2) is 89.0 Å². The van der Waals surface area contributed by atoms with E-state index in [-0.39, 0.29) is 29.1 Å². The Morgan fingerprint density at radius 3 is 2.44 bits per heavy atom. The number of aryl methyl sites for hydroxylation is 3. The molecular weight excluding hydrogens is 738 g/mol. The zero-order valence-electron chi connectivity index (χ0n) is 29.5. The molecule has 1 saturated heterocycles. The molecule has 1 N–H and O–H groups in total. The number of halogens is 1. The highest BCUT2D eigenvalue weighted by Gasteiger charge is 2.26. The van der Waals surface area contributed by atoms with Crippen LogP contribution < -0.4 is 5.32 Å². The number of nitrogens with zero attached hydrogens (tertiary/aromatic N) is 6. The largest absolute Gasteiger partial charge is 0.350 e. The van der Waals surface area contributed by atoms with Crippen LogP contribution in [0.4, 0.5) is 0 Å². The Labute approximate surface area is 312 Å². The van der Waals surface area contributed by atoms with Gasteiger partial charge in [-0.25, -0.2) is 18.1 Å². The monoisotopic (exact) mass is 779 g/mol. The Kier molecular flexibility index (Phi) is 10.4. The molecular formula is C40H42BrN7O3S. The van der Waals surface area contributed by atoms with E-state index in [2.05, 4.69) is 55.2 Å². The molecule has 1 fully saturated rings. The van der Waals surface area contributed by atoms with E-state index in [0.717, 1.165) is 63.6 Å². The second kappa shape index (κ2) is 15.2. The first-order valence-corrected chi connectivity index (χ1v) is 19.8. The number of pyridine rings is 1. The van der Waals surface area contributed by atoms with E-state index in [1.807, 2.05) is 79.3 Å². The number of carbonyl (C=O) groups is 1. The topological polar surface area (TPSA) is 105 Å². The fourth-order valence-electron chi connectivity index (χ4n) is 6.79. The number of rotatable bonds is 11. The van der Waals surface area contributed by atoms with Crippen LogP contribution in [0.3, 0.4) is 0 Å². The van der Waals surface area contributed by atoms with Crippen LogP contribution in [0.25, 0.3) is 33.6 Å². The average Bonchev–Trinajstić information content (AvgIpc) is 3.66. The number of hydrogen-bond acceptors (Lipinski definition) is 7. The summed E-state index contributed by atoms with van der Waals surface area (Å²) in [5, 5.41) is 9.94. The number of fused-ring (bicyclic) bond motifs is 2. The average molecular weight is 781 g/mol. The number of benzene rings is 3. The van der Waals surface area contributed by atoms with Crippen molar-refractivity contribution >= 4 is 65.3 Å². The molecule has 0 unspecified atom stereocenters. The van der Waals surface area contributed by atoms with Crippen molar-refractivity contribution in [3.63, 3.8) is 0 Å². The van der Waals surface area contributed by atoms with E-state index in [4.69, 9.17) is 5.10 Å². The summed E-state index contributed by atoms with van der Waals surface area (Å²) in [7, 11) is 0.529. The van der Waals surface area contributed by atoms with Crippen molar-refractivity contribution in [1.29, 1.82) is 0 Å². The molecule has 6 aromatic rings. The third-order valence-corrected chi connectivity index (χ3v) is 12.0. The number of hydrogen-bond donors (Lipinski definition) is 1. The van der Waals surface area contributed by atoms with Crippen LogP contribution in [-0.2, 0) is 28.2 Å². The van der Waals surface area contributed by atoms with Crippen LogP contribution in [0.1, 0.15) is 28.4 Å². The van der Waals surface area contributed by atoms with Crippen LogP contribution >= 0.6 is 15.9 Å². The van der Waals surface area contributed by atoms with Crippen molar-refractivity contribution in [3.8, 4) is 0 Å². The molecule has 3 aromatic carbocycles. The molecule has 0 saturated carbocycles. The summed E-state index contributed by atoms with van der Waals surface area (Å²) in [6.07, 6.45) is 5.46. The van der Waals surface area contributed by atoms with E-state index >= 15 is 0 Å². The third-order valence-electron chi connectivity index (χ3n) is 9.80. The highest BCUT2D eigenvalue weighted by Crippen LogP contribution is 2.32. The molecule has 3 aromatic heterocycles. The molecule has 0 radical (unpaired) electrons. The van der Waals surface area contributed by atoms with Gasteiger partial charge >= 0.3 is 0 Å². The van der Waals surface area contributed by atoms with Gasteiger partial charge in [0.15, 0.2) is 15.5 Å². The summed E-state index contributed by atoms with van der Waals surface area (Å²) in [4.78, 5) is 24.4. The van der Waals surface area contributed by atoms with Gasteiger partial charge in [0, 0.05) is 78.5 Å². The van der Waals surface area contributed by atoms with Crippen molar-refractivity contribution in [2.45, 2.75) is 24.4 Å². The second-order valence-electron chi connectivity index (χ2n) is 13.5. The highest BCUT2D eigenvalue weighted by molar-refractivity contribution is 9.10. The summed E-state index contributed by atoms with van der Waals surface area (Å²) in [5.74, 6) is -0.383. The Morgan fingerprint density at radius 2 is 1.69 bits per heavy atom. The third kappa shape index (κ3) is 7.75. The molecule has 52 heavy (non-hydrogen) atoms. The summed E-state index contributed by atoms with van der Waals surface area (Å²) in [6, 6.07) is 26.5. The van der Waals surface area contributed by atoms with Gasteiger partial charge in [0.2, 0.25) is 0 Å². The van der Waals surface area contributed by atoms with E-state index in [0.29, 0.717) is 23.5 Å². The number of sulfone groups is 1. The maximum absolute atomic E-state index is 14.8. The van der Waals surface area contributed by atoms with Gasteiger partial charge in [0.05, 0.1) is 34.5 Å². The zero-order chi connectivity index (χ0) is 36.4. The number of piperazine rings is 1. The molecule has 0 aliphatic carbocycles. The van der Waals surface area contributed by atoms with E-state index in [9.17, 15) is 13.2 Å². The first-order chi connectivity index (χ1) is 25.1. The van der Waals surface area contributed by atoms with Crippen LogP contribution in [0.2, 0.25) is 0 Å². The smallest absolute Gasteiger partial charge is 0.252 e. The predicted molar refractivity (Wildman–Crippen MR) is 211 cm³/mol. The van der Waals surface area contributed by atoms with Gasteiger partial charge < -0.3 is 14.8 Å². The normalized spacial score (nSPS) is 15.3. The van der Waals surface area contributed by atoms with Gasteiger partial charge in [-0.05, 0) is 68.1 Å². The van der Waals surface area contributed by atoms with E-state index in [1.165, 1.54) is 0 Å². The van der Waals surface area contributed by atoms with Gasteiger partial charge in [0.25, 0.3) is 5.91 Å².